The first-order valence-corrected chi connectivity index (χ1v) is 5.62. The van der Waals surface area contributed by atoms with Crippen molar-refractivity contribution in [1.82, 2.24) is 0 Å². The first kappa shape index (κ1) is 9.99. The van der Waals surface area contributed by atoms with E-state index in [1.165, 1.54) is 12.8 Å². The van der Waals surface area contributed by atoms with Crippen LogP contribution in [-0.4, -0.2) is 13.2 Å². The topological polar surface area (TPSA) is 35.2 Å². The smallest absolute Gasteiger partial charge is 0.133 e. The number of hydrogen-bond acceptors (Lipinski definition) is 2. The summed E-state index contributed by atoms with van der Waals surface area (Å²) in [5, 5.41) is 0. The number of nitrogens with two attached hydrogens (primary N) is 1. The molecule has 0 radical (unpaired) electrons. The highest BCUT2D eigenvalue weighted by Crippen LogP contribution is 2.45. The number of ether oxygens (including phenoxy) is 1. The van der Waals surface area contributed by atoms with Crippen molar-refractivity contribution in [3.63, 3.8) is 0 Å². The minimum Gasteiger partial charge on any atom is -0.492 e. The van der Waals surface area contributed by atoms with Crippen LogP contribution < -0.4 is 10.5 Å². The van der Waals surface area contributed by atoms with Gasteiger partial charge in [-0.2, -0.15) is 0 Å². The summed E-state index contributed by atoms with van der Waals surface area (Å²) >= 11 is 3.45. The summed E-state index contributed by atoms with van der Waals surface area (Å²) in [7, 11) is 0. The fourth-order valence-electron chi connectivity index (χ4n) is 1.38. The van der Waals surface area contributed by atoms with Crippen molar-refractivity contribution in [3.05, 3.63) is 28.7 Å². The molecule has 0 bridgehead atoms. The first-order chi connectivity index (χ1) is 6.76. The molecule has 1 fully saturated rings. The van der Waals surface area contributed by atoms with E-state index in [-0.39, 0.29) is 5.41 Å². The Labute approximate surface area is 92.6 Å². The molecule has 1 aromatic carbocycles. The van der Waals surface area contributed by atoms with Crippen molar-refractivity contribution in [2.24, 2.45) is 11.1 Å². The van der Waals surface area contributed by atoms with Crippen LogP contribution in [0.5, 0.6) is 5.75 Å². The van der Waals surface area contributed by atoms with E-state index < -0.39 is 0 Å². The van der Waals surface area contributed by atoms with Crippen molar-refractivity contribution in [3.8, 4) is 5.75 Å². The fraction of sp³-hybridized carbons (Fsp3) is 0.455. The van der Waals surface area contributed by atoms with Crippen LogP contribution in [0, 0.1) is 5.41 Å². The van der Waals surface area contributed by atoms with Crippen LogP contribution in [0.25, 0.3) is 0 Å². The quantitative estimate of drug-likeness (QED) is 0.898. The standard InChI is InChI=1S/C11H14BrNO/c12-9-3-1-2-4-10(9)14-8-11(7-13)5-6-11/h1-4H,5-8,13H2. The summed E-state index contributed by atoms with van der Waals surface area (Å²) in [6.07, 6.45) is 2.40. The van der Waals surface area contributed by atoms with Crippen LogP contribution in [0.1, 0.15) is 12.8 Å². The Morgan fingerprint density at radius 3 is 2.64 bits per heavy atom. The molecule has 0 saturated heterocycles. The minimum absolute atomic E-state index is 0.273. The van der Waals surface area contributed by atoms with E-state index in [2.05, 4.69) is 15.9 Å². The van der Waals surface area contributed by atoms with Crippen molar-refractivity contribution in [2.45, 2.75) is 12.8 Å². The van der Waals surface area contributed by atoms with Gasteiger partial charge in [-0.05, 0) is 40.9 Å². The van der Waals surface area contributed by atoms with Gasteiger partial charge in [-0.15, -0.1) is 0 Å². The number of rotatable bonds is 4. The van der Waals surface area contributed by atoms with Gasteiger partial charge in [0.05, 0.1) is 11.1 Å². The second-order valence-electron chi connectivity index (χ2n) is 3.92. The van der Waals surface area contributed by atoms with Crippen LogP contribution in [0.4, 0.5) is 0 Å². The molecule has 0 aliphatic heterocycles. The van der Waals surface area contributed by atoms with Crippen molar-refractivity contribution in [1.29, 1.82) is 0 Å². The van der Waals surface area contributed by atoms with Crippen LogP contribution in [0.15, 0.2) is 28.7 Å². The van der Waals surface area contributed by atoms with Gasteiger partial charge in [-0.1, -0.05) is 12.1 Å². The lowest BCUT2D eigenvalue weighted by molar-refractivity contribution is 0.237. The lowest BCUT2D eigenvalue weighted by Crippen LogP contribution is -2.22. The highest BCUT2D eigenvalue weighted by Gasteiger charge is 2.42. The molecule has 0 spiro atoms. The number of hydrogen-bond donors (Lipinski definition) is 1. The van der Waals surface area contributed by atoms with Gasteiger partial charge in [-0.25, -0.2) is 0 Å². The predicted octanol–water partition coefficient (Wildman–Crippen LogP) is 2.57. The number of para-hydroxylation sites is 1. The molecule has 1 aliphatic rings. The van der Waals surface area contributed by atoms with Gasteiger partial charge in [0, 0.05) is 12.0 Å². The van der Waals surface area contributed by atoms with Crippen molar-refractivity contribution < 1.29 is 4.74 Å². The van der Waals surface area contributed by atoms with Crippen LogP contribution in [0.2, 0.25) is 0 Å². The van der Waals surface area contributed by atoms with Gasteiger partial charge in [0.2, 0.25) is 0 Å². The van der Waals surface area contributed by atoms with Crippen molar-refractivity contribution >= 4 is 15.9 Å². The molecule has 1 aromatic rings. The first-order valence-electron chi connectivity index (χ1n) is 4.83. The van der Waals surface area contributed by atoms with E-state index in [1.54, 1.807) is 0 Å². The molecule has 3 heteroatoms. The van der Waals surface area contributed by atoms with Gasteiger partial charge in [0.15, 0.2) is 0 Å². The summed E-state index contributed by atoms with van der Waals surface area (Å²) in [4.78, 5) is 0. The molecule has 2 nitrogen and oxygen atoms in total. The van der Waals surface area contributed by atoms with Crippen LogP contribution in [0.3, 0.4) is 0 Å². The van der Waals surface area contributed by atoms with Gasteiger partial charge in [0.1, 0.15) is 5.75 Å². The largest absolute Gasteiger partial charge is 0.492 e. The van der Waals surface area contributed by atoms with Gasteiger partial charge in [-0.3, -0.25) is 0 Å². The van der Waals surface area contributed by atoms with E-state index in [1.807, 2.05) is 24.3 Å². The summed E-state index contributed by atoms with van der Waals surface area (Å²) in [5.41, 5.74) is 5.95. The maximum absolute atomic E-state index is 5.73. The van der Waals surface area contributed by atoms with Gasteiger partial charge < -0.3 is 10.5 Å². The Morgan fingerprint density at radius 2 is 2.07 bits per heavy atom. The molecule has 14 heavy (non-hydrogen) atoms. The Kier molecular flexibility index (Phi) is 2.79. The van der Waals surface area contributed by atoms with Gasteiger partial charge in [0.25, 0.3) is 0 Å². The Morgan fingerprint density at radius 1 is 1.36 bits per heavy atom. The summed E-state index contributed by atoms with van der Waals surface area (Å²) < 4.78 is 6.74. The second kappa shape index (κ2) is 3.91. The molecular formula is C11H14BrNO. The molecule has 0 aromatic heterocycles. The highest BCUT2D eigenvalue weighted by atomic mass is 79.9. The molecule has 76 valence electrons. The van der Waals surface area contributed by atoms with Gasteiger partial charge >= 0.3 is 0 Å². The molecule has 2 rings (SSSR count). The third kappa shape index (κ3) is 2.10. The van der Waals surface area contributed by atoms with E-state index >= 15 is 0 Å². The average Bonchev–Trinajstić information content (AvgIpc) is 2.98. The van der Waals surface area contributed by atoms with E-state index in [0.29, 0.717) is 0 Å². The van der Waals surface area contributed by atoms with Crippen molar-refractivity contribution in [2.75, 3.05) is 13.2 Å². The number of halogens is 1. The molecule has 0 heterocycles. The zero-order valence-corrected chi connectivity index (χ0v) is 9.59. The predicted molar refractivity (Wildman–Crippen MR) is 60.4 cm³/mol. The second-order valence-corrected chi connectivity index (χ2v) is 4.78. The van der Waals surface area contributed by atoms with E-state index in [0.717, 1.165) is 23.4 Å². The third-order valence-electron chi connectivity index (χ3n) is 2.76. The fourth-order valence-corrected chi connectivity index (χ4v) is 1.78. The monoisotopic (exact) mass is 255 g/mol. The summed E-state index contributed by atoms with van der Waals surface area (Å²) in [6.45, 7) is 1.48. The molecule has 1 aliphatic carbocycles. The lowest BCUT2D eigenvalue weighted by atomic mass is 10.1. The summed E-state index contributed by atoms with van der Waals surface area (Å²) in [6, 6.07) is 7.91. The molecule has 0 amide bonds. The Hall–Kier alpha value is -0.540. The van der Waals surface area contributed by atoms with E-state index in [4.69, 9.17) is 10.5 Å². The zero-order chi connectivity index (χ0) is 10.0. The normalized spacial score (nSPS) is 17.9. The van der Waals surface area contributed by atoms with Crippen LogP contribution >= 0.6 is 15.9 Å². The minimum atomic E-state index is 0.273. The zero-order valence-electron chi connectivity index (χ0n) is 8.00. The average molecular weight is 256 g/mol. The molecule has 0 unspecified atom stereocenters. The Bertz CT molecular complexity index is 323. The number of benzene rings is 1. The molecule has 0 atom stereocenters. The molecule has 1 saturated carbocycles. The van der Waals surface area contributed by atoms with Crippen LogP contribution in [-0.2, 0) is 0 Å². The summed E-state index contributed by atoms with van der Waals surface area (Å²) in [5.74, 6) is 0.909. The SMILES string of the molecule is NCC1(COc2ccccc2Br)CC1. The van der Waals surface area contributed by atoms with E-state index in [9.17, 15) is 0 Å². The lowest BCUT2D eigenvalue weighted by Gasteiger charge is -2.14. The highest BCUT2D eigenvalue weighted by molar-refractivity contribution is 9.10. The third-order valence-corrected chi connectivity index (χ3v) is 3.42. The maximum Gasteiger partial charge on any atom is 0.133 e. The Balaban J connectivity index is 1.95. The molecular weight excluding hydrogens is 242 g/mol. The molecule has 2 N–H and O–H groups in total. The maximum atomic E-state index is 5.73.